The van der Waals surface area contributed by atoms with Crippen LogP contribution in [0.25, 0.3) is 22.5 Å². The minimum atomic E-state index is -0.335. The summed E-state index contributed by atoms with van der Waals surface area (Å²) in [6.45, 7) is 5.88. The summed E-state index contributed by atoms with van der Waals surface area (Å²) < 4.78 is 5.47. The van der Waals surface area contributed by atoms with Gasteiger partial charge in [0.05, 0.1) is 17.0 Å². The van der Waals surface area contributed by atoms with Gasteiger partial charge in [-0.3, -0.25) is 4.79 Å². The number of aryl methyl sites for hydroxylation is 2. The van der Waals surface area contributed by atoms with E-state index >= 15 is 0 Å². The number of thioether (sulfide) groups is 1. The van der Waals surface area contributed by atoms with Crippen LogP contribution < -0.4 is 5.32 Å². The number of carbonyl (C=O) groups is 1. The van der Waals surface area contributed by atoms with Crippen molar-refractivity contribution >= 4 is 34.3 Å². The standard InChI is InChI=1S/C23H21N3O2S/c1-14-10-11-15(2)19(13-14)25-22(27)16(3)29-23-17-7-4-5-8-18(17)24-21(26-23)20-9-6-12-28-20/h4-13,16H,1-3H3,(H,25,27)/t16-/m0/s1. The van der Waals surface area contributed by atoms with Crippen LogP contribution in [0.5, 0.6) is 0 Å². The monoisotopic (exact) mass is 403 g/mol. The Labute approximate surface area is 173 Å². The molecule has 1 N–H and O–H groups in total. The Morgan fingerprint density at radius 3 is 2.69 bits per heavy atom. The molecule has 4 rings (SSSR count). The first-order valence-electron chi connectivity index (χ1n) is 9.36. The smallest absolute Gasteiger partial charge is 0.237 e. The third kappa shape index (κ3) is 4.17. The highest BCUT2D eigenvalue weighted by atomic mass is 32.2. The van der Waals surface area contributed by atoms with Gasteiger partial charge < -0.3 is 9.73 Å². The van der Waals surface area contributed by atoms with Crippen molar-refractivity contribution in [2.45, 2.75) is 31.0 Å². The summed E-state index contributed by atoms with van der Waals surface area (Å²) in [6.07, 6.45) is 1.60. The maximum atomic E-state index is 12.8. The van der Waals surface area contributed by atoms with Gasteiger partial charge in [0, 0.05) is 11.1 Å². The molecule has 0 unspecified atom stereocenters. The fourth-order valence-electron chi connectivity index (χ4n) is 2.98. The van der Waals surface area contributed by atoms with Crippen LogP contribution >= 0.6 is 11.8 Å². The molecule has 0 aliphatic rings. The summed E-state index contributed by atoms with van der Waals surface area (Å²) in [5.41, 5.74) is 3.80. The van der Waals surface area contributed by atoms with Crippen LogP contribution in [0.1, 0.15) is 18.1 Å². The number of nitrogens with one attached hydrogen (secondary N) is 1. The molecule has 0 bridgehead atoms. The highest BCUT2D eigenvalue weighted by molar-refractivity contribution is 8.00. The molecule has 0 fully saturated rings. The molecule has 1 amide bonds. The average Bonchev–Trinajstić information content (AvgIpc) is 3.25. The number of furan rings is 1. The molecule has 0 saturated carbocycles. The van der Waals surface area contributed by atoms with Crippen LogP contribution in [0, 0.1) is 13.8 Å². The number of anilines is 1. The minimum Gasteiger partial charge on any atom is -0.461 e. The summed E-state index contributed by atoms with van der Waals surface area (Å²) in [6, 6.07) is 17.5. The summed E-state index contributed by atoms with van der Waals surface area (Å²) in [7, 11) is 0. The molecular formula is C23H21N3O2S. The molecule has 4 aromatic rings. The Kier molecular flexibility index (Phi) is 5.36. The van der Waals surface area contributed by atoms with Gasteiger partial charge in [-0.15, -0.1) is 0 Å². The molecular weight excluding hydrogens is 382 g/mol. The Balaban J connectivity index is 1.62. The molecule has 29 heavy (non-hydrogen) atoms. The van der Waals surface area contributed by atoms with Crippen molar-refractivity contribution in [3.05, 3.63) is 72.0 Å². The predicted octanol–water partition coefficient (Wildman–Crippen LogP) is 5.63. The summed E-state index contributed by atoms with van der Waals surface area (Å²) in [5.74, 6) is 1.05. The summed E-state index contributed by atoms with van der Waals surface area (Å²) in [4.78, 5) is 22.1. The second-order valence-corrected chi connectivity index (χ2v) is 8.24. The lowest BCUT2D eigenvalue weighted by Crippen LogP contribution is -2.23. The van der Waals surface area contributed by atoms with E-state index < -0.39 is 0 Å². The van der Waals surface area contributed by atoms with Gasteiger partial charge in [-0.05, 0) is 56.2 Å². The lowest BCUT2D eigenvalue weighted by atomic mass is 10.1. The molecule has 2 heterocycles. The Bertz CT molecular complexity index is 1170. The maximum Gasteiger partial charge on any atom is 0.237 e. The zero-order valence-corrected chi connectivity index (χ0v) is 17.3. The highest BCUT2D eigenvalue weighted by Gasteiger charge is 2.19. The van der Waals surface area contributed by atoms with E-state index in [1.165, 1.54) is 11.8 Å². The first-order valence-corrected chi connectivity index (χ1v) is 10.2. The van der Waals surface area contributed by atoms with Crippen molar-refractivity contribution in [2.24, 2.45) is 0 Å². The van der Waals surface area contributed by atoms with E-state index in [2.05, 4.69) is 15.3 Å². The third-order valence-corrected chi connectivity index (χ3v) is 5.72. The number of hydrogen-bond acceptors (Lipinski definition) is 5. The molecule has 0 aliphatic carbocycles. The lowest BCUT2D eigenvalue weighted by molar-refractivity contribution is -0.115. The molecule has 0 radical (unpaired) electrons. The lowest BCUT2D eigenvalue weighted by Gasteiger charge is -2.15. The third-order valence-electron chi connectivity index (χ3n) is 4.62. The average molecular weight is 404 g/mol. The van der Waals surface area contributed by atoms with Crippen LogP contribution in [0.3, 0.4) is 0 Å². The number of hydrogen-bond donors (Lipinski definition) is 1. The van der Waals surface area contributed by atoms with Gasteiger partial charge in [-0.1, -0.05) is 42.1 Å². The number of rotatable bonds is 5. The van der Waals surface area contributed by atoms with Crippen molar-refractivity contribution in [3.63, 3.8) is 0 Å². The van der Waals surface area contributed by atoms with Gasteiger partial charge >= 0.3 is 0 Å². The van der Waals surface area contributed by atoms with Crippen LogP contribution in [0.4, 0.5) is 5.69 Å². The molecule has 0 spiro atoms. The van der Waals surface area contributed by atoms with Crippen molar-refractivity contribution in [1.82, 2.24) is 9.97 Å². The molecule has 0 saturated heterocycles. The van der Waals surface area contributed by atoms with Crippen LogP contribution in [-0.4, -0.2) is 21.1 Å². The van der Waals surface area contributed by atoms with E-state index in [1.807, 2.05) is 69.3 Å². The number of para-hydroxylation sites is 1. The largest absolute Gasteiger partial charge is 0.461 e. The number of aromatic nitrogens is 2. The Morgan fingerprint density at radius 2 is 1.90 bits per heavy atom. The van der Waals surface area contributed by atoms with E-state index in [1.54, 1.807) is 12.3 Å². The normalized spacial score (nSPS) is 12.1. The topological polar surface area (TPSA) is 68.0 Å². The molecule has 5 nitrogen and oxygen atoms in total. The fraction of sp³-hybridized carbons (Fsp3) is 0.174. The minimum absolute atomic E-state index is 0.0639. The molecule has 1 atom stereocenters. The van der Waals surface area contributed by atoms with Gasteiger partial charge in [0.1, 0.15) is 5.03 Å². The molecule has 6 heteroatoms. The zero-order valence-electron chi connectivity index (χ0n) is 16.5. The number of nitrogens with zero attached hydrogens (tertiary/aromatic N) is 2. The summed E-state index contributed by atoms with van der Waals surface area (Å²) in [5, 5.41) is 4.38. The van der Waals surface area contributed by atoms with Crippen molar-refractivity contribution in [1.29, 1.82) is 0 Å². The summed E-state index contributed by atoms with van der Waals surface area (Å²) >= 11 is 1.42. The number of benzene rings is 2. The van der Waals surface area contributed by atoms with Gasteiger partial charge in [0.2, 0.25) is 5.91 Å². The number of amides is 1. The number of carbonyl (C=O) groups excluding carboxylic acids is 1. The second kappa shape index (κ2) is 8.09. The predicted molar refractivity (Wildman–Crippen MR) is 117 cm³/mol. The van der Waals surface area contributed by atoms with E-state index in [0.717, 1.165) is 32.7 Å². The van der Waals surface area contributed by atoms with E-state index in [9.17, 15) is 4.79 Å². The van der Waals surface area contributed by atoms with Crippen LogP contribution in [0.15, 0.2) is 70.3 Å². The van der Waals surface area contributed by atoms with Crippen molar-refractivity contribution in [2.75, 3.05) is 5.32 Å². The van der Waals surface area contributed by atoms with Crippen LogP contribution in [0.2, 0.25) is 0 Å². The van der Waals surface area contributed by atoms with Gasteiger partial charge in [-0.25, -0.2) is 9.97 Å². The Hall–Kier alpha value is -3.12. The number of fused-ring (bicyclic) bond motifs is 1. The molecule has 146 valence electrons. The zero-order chi connectivity index (χ0) is 20.4. The van der Waals surface area contributed by atoms with Crippen LogP contribution in [-0.2, 0) is 4.79 Å². The van der Waals surface area contributed by atoms with E-state index in [-0.39, 0.29) is 11.2 Å². The fourth-order valence-corrected chi connectivity index (χ4v) is 3.92. The van der Waals surface area contributed by atoms with E-state index in [0.29, 0.717) is 11.6 Å². The van der Waals surface area contributed by atoms with Gasteiger partial charge in [-0.2, -0.15) is 0 Å². The first kappa shape index (κ1) is 19.2. The Morgan fingerprint density at radius 1 is 1.07 bits per heavy atom. The van der Waals surface area contributed by atoms with Gasteiger partial charge in [0.15, 0.2) is 11.6 Å². The maximum absolute atomic E-state index is 12.8. The molecule has 2 aromatic heterocycles. The van der Waals surface area contributed by atoms with Gasteiger partial charge in [0.25, 0.3) is 0 Å². The first-order chi connectivity index (χ1) is 14.0. The van der Waals surface area contributed by atoms with Crippen molar-refractivity contribution < 1.29 is 9.21 Å². The highest BCUT2D eigenvalue weighted by Crippen LogP contribution is 2.31. The quantitative estimate of drug-likeness (QED) is 0.346. The second-order valence-electron chi connectivity index (χ2n) is 6.91. The van der Waals surface area contributed by atoms with E-state index in [4.69, 9.17) is 4.42 Å². The molecule has 2 aromatic carbocycles. The van der Waals surface area contributed by atoms with Crippen molar-refractivity contribution in [3.8, 4) is 11.6 Å². The molecule has 0 aliphatic heterocycles. The SMILES string of the molecule is Cc1ccc(C)c(NC(=O)[C@H](C)Sc2nc(-c3ccco3)nc3ccccc23)c1.